The molecule has 0 aliphatic heterocycles. The summed E-state index contributed by atoms with van der Waals surface area (Å²) in [6, 6.07) is 0. The summed E-state index contributed by atoms with van der Waals surface area (Å²) in [5, 5.41) is 0. The van der Waals surface area contributed by atoms with Gasteiger partial charge in [0.1, 0.15) is 6.29 Å². The maximum atomic E-state index is 10.5. The van der Waals surface area contributed by atoms with Crippen LogP contribution in [0.3, 0.4) is 0 Å². The Morgan fingerprint density at radius 3 is 2.36 bits per heavy atom. The Morgan fingerprint density at radius 2 is 1.79 bits per heavy atom. The van der Waals surface area contributed by atoms with Gasteiger partial charge in [-0.25, -0.2) is 0 Å². The van der Waals surface area contributed by atoms with E-state index in [1.807, 2.05) is 0 Å². The molecule has 1 radical (unpaired) electrons. The monoisotopic (exact) mass is 197 g/mol. The first-order valence-electron chi connectivity index (χ1n) is 5.65. The van der Waals surface area contributed by atoms with E-state index in [9.17, 15) is 9.59 Å². The number of rotatable bonds is 10. The molecule has 0 rings (SSSR count). The van der Waals surface area contributed by atoms with E-state index in [0.29, 0.717) is 0 Å². The molecule has 2 heteroatoms. The molecule has 0 spiro atoms. The Kier molecular flexibility index (Phi) is 9.93. The molecule has 0 aliphatic carbocycles. The zero-order valence-corrected chi connectivity index (χ0v) is 9.13. The van der Waals surface area contributed by atoms with E-state index < -0.39 is 0 Å². The zero-order chi connectivity index (χ0) is 10.6. The highest BCUT2D eigenvalue weighted by atomic mass is 16.1. The van der Waals surface area contributed by atoms with Crippen LogP contribution in [0, 0.1) is 5.92 Å². The van der Waals surface area contributed by atoms with Crippen molar-refractivity contribution in [2.24, 2.45) is 5.92 Å². The smallest absolute Gasteiger partial charge is 0.199 e. The van der Waals surface area contributed by atoms with Gasteiger partial charge < -0.3 is 4.79 Å². The lowest BCUT2D eigenvalue weighted by molar-refractivity contribution is -0.111. The molecule has 0 amide bonds. The summed E-state index contributed by atoms with van der Waals surface area (Å²) in [7, 11) is 0. The van der Waals surface area contributed by atoms with E-state index in [1.54, 1.807) is 6.29 Å². The van der Waals surface area contributed by atoms with Crippen LogP contribution in [0.5, 0.6) is 0 Å². The van der Waals surface area contributed by atoms with Crippen LogP contribution in [-0.2, 0) is 9.59 Å². The van der Waals surface area contributed by atoms with Crippen molar-refractivity contribution in [2.75, 3.05) is 0 Å². The minimum absolute atomic E-state index is 0.0846. The van der Waals surface area contributed by atoms with Crippen molar-refractivity contribution < 1.29 is 9.59 Å². The largest absolute Gasteiger partial charge is 0.303 e. The molecule has 0 bridgehead atoms. The molecular formula is C12H21O2. The molecule has 1 unspecified atom stereocenters. The summed E-state index contributed by atoms with van der Waals surface area (Å²) in [6.45, 7) is 2.20. The van der Waals surface area contributed by atoms with Crippen molar-refractivity contribution in [3.05, 3.63) is 0 Å². The molecule has 0 fully saturated rings. The van der Waals surface area contributed by atoms with Gasteiger partial charge in [-0.05, 0) is 6.42 Å². The van der Waals surface area contributed by atoms with E-state index in [-0.39, 0.29) is 12.3 Å². The summed E-state index contributed by atoms with van der Waals surface area (Å²) in [5.41, 5.74) is 0. The second-order valence-electron chi connectivity index (χ2n) is 3.80. The number of carbonyl (C=O) groups is 1. The predicted molar refractivity (Wildman–Crippen MR) is 57.9 cm³/mol. The van der Waals surface area contributed by atoms with E-state index in [4.69, 9.17) is 0 Å². The average molecular weight is 197 g/mol. The van der Waals surface area contributed by atoms with Gasteiger partial charge in [-0.1, -0.05) is 45.4 Å². The molecule has 1 atom stereocenters. The molecule has 0 aromatic heterocycles. The van der Waals surface area contributed by atoms with E-state index in [0.717, 1.165) is 19.1 Å². The topological polar surface area (TPSA) is 34.1 Å². The van der Waals surface area contributed by atoms with Crippen molar-refractivity contribution in [2.45, 2.75) is 58.3 Å². The van der Waals surface area contributed by atoms with E-state index >= 15 is 0 Å². The van der Waals surface area contributed by atoms with Gasteiger partial charge in [0.15, 0.2) is 6.29 Å². The fraction of sp³-hybridized carbons (Fsp3) is 0.833. The highest BCUT2D eigenvalue weighted by molar-refractivity contribution is 5.62. The van der Waals surface area contributed by atoms with Crippen molar-refractivity contribution in [3.63, 3.8) is 0 Å². The summed E-state index contributed by atoms with van der Waals surface area (Å²) in [5.74, 6) is -0.0846. The summed E-state index contributed by atoms with van der Waals surface area (Å²) in [6.07, 6.45) is 11.2. The Bertz CT molecular complexity index is 143. The van der Waals surface area contributed by atoms with E-state index in [1.165, 1.54) is 32.1 Å². The number of aldehydes is 1. The minimum Gasteiger partial charge on any atom is -0.303 e. The van der Waals surface area contributed by atoms with Gasteiger partial charge in [0.25, 0.3) is 0 Å². The Labute approximate surface area is 87.1 Å². The lowest BCUT2D eigenvalue weighted by atomic mass is 9.99. The van der Waals surface area contributed by atoms with Gasteiger partial charge in [0, 0.05) is 12.3 Å². The van der Waals surface area contributed by atoms with Gasteiger partial charge in [-0.3, -0.25) is 4.79 Å². The number of hydrogen-bond donors (Lipinski definition) is 0. The Balaban J connectivity index is 3.23. The van der Waals surface area contributed by atoms with Crippen LogP contribution >= 0.6 is 0 Å². The standard InChI is InChI=1S/C12H21O2/c1-2-3-4-5-6-7-8-12(11-14)9-10-13/h11-12H,2-9H2,1H3. The normalized spacial score (nSPS) is 12.4. The fourth-order valence-corrected chi connectivity index (χ4v) is 1.51. The van der Waals surface area contributed by atoms with Gasteiger partial charge in [-0.15, -0.1) is 0 Å². The molecule has 2 nitrogen and oxygen atoms in total. The van der Waals surface area contributed by atoms with Gasteiger partial charge in [0.2, 0.25) is 0 Å². The predicted octanol–water partition coefficient (Wildman–Crippen LogP) is 3.05. The Hall–Kier alpha value is -0.660. The second kappa shape index (κ2) is 10.4. The molecule has 0 saturated carbocycles. The molecule has 81 valence electrons. The zero-order valence-electron chi connectivity index (χ0n) is 9.13. The van der Waals surface area contributed by atoms with Gasteiger partial charge in [-0.2, -0.15) is 0 Å². The number of carbonyl (C=O) groups excluding carboxylic acids is 2. The highest BCUT2D eigenvalue weighted by Crippen LogP contribution is 2.12. The first-order valence-corrected chi connectivity index (χ1v) is 5.65. The molecule has 0 aromatic rings. The van der Waals surface area contributed by atoms with E-state index in [2.05, 4.69) is 6.92 Å². The highest BCUT2D eigenvalue weighted by Gasteiger charge is 2.05. The maximum Gasteiger partial charge on any atom is 0.199 e. The van der Waals surface area contributed by atoms with Crippen LogP contribution < -0.4 is 0 Å². The van der Waals surface area contributed by atoms with Crippen LogP contribution in [0.15, 0.2) is 0 Å². The SMILES string of the molecule is CCCCCCCCC(C=O)C[C]=O. The van der Waals surface area contributed by atoms with Gasteiger partial charge in [0.05, 0.1) is 0 Å². The van der Waals surface area contributed by atoms with Crippen molar-refractivity contribution in [3.8, 4) is 0 Å². The first kappa shape index (κ1) is 13.3. The van der Waals surface area contributed by atoms with Crippen molar-refractivity contribution in [1.82, 2.24) is 0 Å². The average Bonchev–Trinajstić information content (AvgIpc) is 2.21. The molecule has 14 heavy (non-hydrogen) atoms. The fourth-order valence-electron chi connectivity index (χ4n) is 1.51. The number of unbranched alkanes of at least 4 members (excludes halogenated alkanes) is 5. The summed E-state index contributed by atoms with van der Waals surface area (Å²) >= 11 is 0. The second-order valence-corrected chi connectivity index (χ2v) is 3.80. The Morgan fingerprint density at radius 1 is 1.14 bits per heavy atom. The first-order chi connectivity index (χ1) is 6.85. The quantitative estimate of drug-likeness (QED) is 0.398. The van der Waals surface area contributed by atoms with Crippen LogP contribution in [0.1, 0.15) is 58.3 Å². The lowest BCUT2D eigenvalue weighted by Gasteiger charge is -2.05. The molecule has 0 N–H and O–H groups in total. The third-order valence-electron chi connectivity index (χ3n) is 2.47. The van der Waals surface area contributed by atoms with Crippen molar-refractivity contribution in [1.29, 1.82) is 0 Å². The summed E-state index contributed by atoms with van der Waals surface area (Å²) < 4.78 is 0. The van der Waals surface area contributed by atoms with Gasteiger partial charge >= 0.3 is 0 Å². The molecule has 0 aliphatic rings. The molecule has 0 heterocycles. The molecule has 0 saturated heterocycles. The maximum absolute atomic E-state index is 10.5. The molecule has 0 aromatic carbocycles. The lowest BCUT2D eigenvalue weighted by Crippen LogP contribution is -2.02. The van der Waals surface area contributed by atoms with Crippen LogP contribution in [0.2, 0.25) is 0 Å². The molecular weight excluding hydrogens is 176 g/mol. The third kappa shape index (κ3) is 7.96. The third-order valence-corrected chi connectivity index (χ3v) is 2.47. The van der Waals surface area contributed by atoms with Crippen molar-refractivity contribution >= 4 is 12.6 Å². The van der Waals surface area contributed by atoms with Crippen LogP contribution in [0.4, 0.5) is 0 Å². The summed E-state index contributed by atoms with van der Waals surface area (Å²) in [4.78, 5) is 20.5. The van der Waals surface area contributed by atoms with Crippen LogP contribution in [0.25, 0.3) is 0 Å². The number of hydrogen-bond acceptors (Lipinski definition) is 2. The van der Waals surface area contributed by atoms with Crippen LogP contribution in [-0.4, -0.2) is 12.6 Å². The minimum atomic E-state index is -0.0846.